The van der Waals surface area contributed by atoms with Crippen LogP contribution in [0.5, 0.6) is 0 Å². The molecule has 0 aromatic heterocycles. The quantitative estimate of drug-likeness (QED) is 0.828. The van der Waals surface area contributed by atoms with E-state index in [2.05, 4.69) is 48.2 Å². The number of nitrogens with zero attached hydrogens (tertiary/aromatic N) is 2. The van der Waals surface area contributed by atoms with Crippen LogP contribution in [-0.2, 0) is 11.3 Å². The van der Waals surface area contributed by atoms with Gasteiger partial charge in [-0.1, -0.05) is 30.3 Å². The van der Waals surface area contributed by atoms with E-state index < -0.39 is 0 Å². The number of hydrogen-bond donors (Lipinski definition) is 1. The van der Waals surface area contributed by atoms with Gasteiger partial charge in [0.2, 0.25) is 0 Å². The maximum Gasteiger partial charge on any atom is 0.0793 e. The zero-order chi connectivity index (χ0) is 15.1. The van der Waals surface area contributed by atoms with Gasteiger partial charge < -0.3 is 14.7 Å². The molecule has 1 fully saturated rings. The molecule has 0 spiro atoms. The van der Waals surface area contributed by atoms with Gasteiger partial charge in [-0.3, -0.25) is 4.90 Å². The summed E-state index contributed by atoms with van der Waals surface area (Å²) >= 11 is 0. The second-order valence-corrected chi connectivity index (χ2v) is 6.12. The van der Waals surface area contributed by atoms with E-state index in [0.717, 1.165) is 39.1 Å². The summed E-state index contributed by atoms with van der Waals surface area (Å²) in [5.41, 5.74) is 1.28. The highest BCUT2D eigenvalue weighted by Gasteiger charge is 2.20. The summed E-state index contributed by atoms with van der Waals surface area (Å²) in [7, 11) is 4.17. The van der Waals surface area contributed by atoms with Crippen molar-refractivity contribution in [3.8, 4) is 0 Å². The Morgan fingerprint density at radius 2 is 1.81 bits per heavy atom. The van der Waals surface area contributed by atoms with Crippen molar-refractivity contribution in [1.29, 1.82) is 0 Å². The summed E-state index contributed by atoms with van der Waals surface area (Å²) in [6, 6.07) is 10.9. The molecule has 4 heteroatoms. The molecule has 1 N–H and O–H groups in total. The zero-order valence-electron chi connectivity index (χ0n) is 13.2. The molecule has 1 aliphatic rings. The topological polar surface area (TPSA) is 35.9 Å². The van der Waals surface area contributed by atoms with Gasteiger partial charge in [-0.05, 0) is 32.5 Å². The van der Waals surface area contributed by atoms with E-state index in [9.17, 15) is 5.11 Å². The molecule has 21 heavy (non-hydrogen) atoms. The summed E-state index contributed by atoms with van der Waals surface area (Å²) in [6.45, 7) is 3.99. The predicted molar refractivity (Wildman–Crippen MR) is 85.3 cm³/mol. The third-order valence-electron chi connectivity index (χ3n) is 4.13. The highest BCUT2D eigenvalue weighted by molar-refractivity contribution is 5.14. The Morgan fingerprint density at radius 1 is 1.14 bits per heavy atom. The van der Waals surface area contributed by atoms with Crippen LogP contribution in [0.3, 0.4) is 0 Å². The molecule has 1 unspecified atom stereocenters. The van der Waals surface area contributed by atoms with Crippen molar-refractivity contribution in [3.05, 3.63) is 35.9 Å². The molecule has 0 saturated carbocycles. The van der Waals surface area contributed by atoms with Crippen molar-refractivity contribution in [2.75, 3.05) is 40.4 Å². The Bertz CT molecular complexity index is 393. The number of aliphatic hydroxyl groups excluding tert-OH is 1. The number of hydrogen-bond acceptors (Lipinski definition) is 4. The largest absolute Gasteiger partial charge is 0.390 e. The molecule has 1 aromatic rings. The average molecular weight is 292 g/mol. The van der Waals surface area contributed by atoms with Crippen LogP contribution in [0.25, 0.3) is 0 Å². The zero-order valence-corrected chi connectivity index (χ0v) is 13.2. The number of aliphatic hydroxyl groups is 1. The molecule has 1 heterocycles. The SMILES string of the molecule is CN(Cc1ccccc1)CC(O)CN(C)C1CCOCC1. The Kier molecular flexibility index (Phi) is 6.64. The summed E-state index contributed by atoms with van der Waals surface area (Å²) in [6.07, 6.45) is 1.83. The van der Waals surface area contributed by atoms with Crippen molar-refractivity contribution >= 4 is 0 Å². The minimum absolute atomic E-state index is 0.313. The first-order valence-electron chi connectivity index (χ1n) is 7.83. The summed E-state index contributed by atoms with van der Waals surface area (Å²) in [5, 5.41) is 10.3. The molecule has 2 rings (SSSR count). The third-order valence-corrected chi connectivity index (χ3v) is 4.13. The van der Waals surface area contributed by atoms with E-state index in [0.29, 0.717) is 12.6 Å². The maximum absolute atomic E-state index is 10.3. The Labute approximate surface area is 128 Å². The van der Waals surface area contributed by atoms with Gasteiger partial charge in [0.15, 0.2) is 0 Å². The van der Waals surface area contributed by atoms with Gasteiger partial charge >= 0.3 is 0 Å². The van der Waals surface area contributed by atoms with Gasteiger partial charge in [0, 0.05) is 38.9 Å². The predicted octanol–water partition coefficient (Wildman–Crippen LogP) is 1.59. The van der Waals surface area contributed by atoms with Crippen LogP contribution in [0.15, 0.2) is 30.3 Å². The fourth-order valence-corrected chi connectivity index (χ4v) is 2.98. The van der Waals surface area contributed by atoms with Crippen molar-refractivity contribution < 1.29 is 9.84 Å². The van der Waals surface area contributed by atoms with E-state index >= 15 is 0 Å². The van der Waals surface area contributed by atoms with E-state index in [1.165, 1.54) is 5.56 Å². The first-order valence-corrected chi connectivity index (χ1v) is 7.83. The Balaban J connectivity index is 1.71. The first-order chi connectivity index (χ1) is 10.1. The molecule has 1 saturated heterocycles. The standard InChI is InChI=1S/C17H28N2O2/c1-18(12-15-6-4-3-5-7-15)13-17(20)14-19(2)16-8-10-21-11-9-16/h3-7,16-17,20H,8-14H2,1-2H3. The van der Waals surface area contributed by atoms with Crippen LogP contribution >= 0.6 is 0 Å². The number of benzene rings is 1. The second kappa shape index (κ2) is 8.49. The monoisotopic (exact) mass is 292 g/mol. The number of ether oxygens (including phenoxy) is 1. The maximum atomic E-state index is 10.3. The summed E-state index contributed by atoms with van der Waals surface area (Å²) in [5.74, 6) is 0. The summed E-state index contributed by atoms with van der Waals surface area (Å²) < 4.78 is 5.39. The number of likely N-dealkylation sites (N-methyl/N-ethyl adjacent to an activating group) is 2. The molecule has 0 radical (unpaired) electrons. The highest BCUT2D eigenvalue weighted by Crippen LogP contribution is 2.13. The molecule has 4 nitrogen and oxygen atoms in total. The molecule has 118 valence electrons. The van der Waals surface area contributed by atoms with Gasteiger partial charge in [-0.25, -0.2) is 0 Å². The van der Waals surface area contributed by atoms with Gasteiger partial charge in [-0.15, -0.1) is 0 Å². The lowest BCUT2D eigenvalue weighted by atomic mass is 10.1. The van der Waals surface area contributed by atoms with E-state index in [1.807, 2.05) is 6.07 Å². The van der Waals surface area contributed by atoms with E-state index in [-0.39, 0.29) is 6.10 Å². The first kappa shape index (κ1) is 16.4. The van der Waals surface area contributed by atoms with Crippen LogP contribution in [0.1, 0.15) is 18.4 Å². The summed E-state index contributed by atoms with van der Waals surface area (Å²) in [4.78, 5) is 4.46. The van der Waals surface area contributed by atoms with Crippen LogP contribution < -0.4 is 0 Å². The fraction of sp³-hybridized carbons (Fsp3) is 0.647. The lowest BCUT2D eigenvalue weighted by molar-refractivity contribution is 0.0194. The fourth-order valence-electron chi connectivity index (χ4n) is 2.98. The molecular formula is C17H28N2O2. The lowest BCUT2D eigenvalue weighted by Crippen LogP contribution is -2.43. The van der Waals surface area contributed by atoms with Gasteiger partial charge in [0.25, 0.3) is 0 Å². The minimum Gasteiger partial charge on any atom is -0.390 e. The van der Waals surface area contributed by atoms with Crippen LogP contribution in [0, 0.1) is 0 Å². The van der Waals surface area contributed by atoms with Crippen molar-refractivity contribution in [2.24, 2.45) is 0 Å². The van der Waals surface area contributed by atoms with Crippen molar-refractivity contribution in [2.45, 2.75) is 31.5 Å². The van der Waals surface area contributed by atoms with Crippen molar-refractivity contribution in [1.82, 2.24) is 9.80 Å². The van der Waals surface area contributed by atoms with E-state index in [1.54, 1.807) is 0 Å². The number of rotatable bonds is 7. The Hall–Kier alpha value is -0.940. The van der Waals surface area contributed by atoms with Crippen LogP contribution in [-0.4, -0.2) is 67.5 Å². The second-order valence-electron chi connectivity index (χ2n) is 6.12. The van der Waals surface area contributed by atoms with Crippen LogP contribution in [0.4, 0.5) is 0 Å². The molecule has 0 aliphatic carbocycles. The smallest absolute Gasteiger partial charge is 0.0793 e. The molecule has 1 atom stereocenters. The highest BCUT2D eigenvalue weighted by atomic mass is 16.5. The van der Waals surface area contributed by atoms with Crippen molar-refractivity contribution in [3.63, 3.8) is 0 Å². The van der Waals surface area contributed by atoms with Gasteiger partial charge in [0.1, 0.15) is 0 Å². The third kappa shape index (κ3) is 5.75. The minimum atomic E-state index is -0.313. The molecule has 1 aromatic carbocycles. The Morgan fingerprint density at radius 3 is 2.48 bits per heavy atom. The lowest BCUT2D eigenvalue weighted by Gasteiger charge is -2.33. The van der Waals surface area contributed by atoms with Gasteiger partial charge in [-0.2, -0.15) is 0 Å². The molecule has 0 amide bonds. The molecule has 1 aliphatic heterocycles. The molecule has 0 bridgehead atoms. The van der Waals surface area contributed by atoms with Gasteiger partial charge in [0.05, 0.1) is 6.10 Å². The molecular weight excluding hydrogens is 264 g/mol. The average Bonchev–Trinajstić information content (AvgIpc) is 2.48. The van der Waals surface area contributed by atoms with Crippen LogP contribution in [0.2, 0.25) is 0 Å². The van der Waals surface area contributed by atoms with E-state index in [4.69, 9.17) is 4.74 Å². The normalized spacial score (nSPS) is 18.3.